The van der Waals surface area contributed by atoms with Gasteiger partial charge in [-0.1, -0.05) is 6.07 Å². The SMILES string of the molecule is COc1ccc(CSc2ccc(F)cc2N)cc1C#N. The van der Waals surface area contributed by atoms with Crippen molar-refractivity contribution in [1.29, 1.82) is 5.26 Å². The summed E-state index contributed by atoms with van der Waals surface area (Å²) < 4.78 is 18.0. The molecule has 0 amide bonds. The number of halogens is 1. The Morgan fingerprint density at radius 3 is 2.75 bits per heavy atom. The lowest BCUT2D eigenvalue weighted by Gasteiger charge is -2.07. The molecule has 0 bridgehead atoms. The molecular weight excluding hydrogens is 275 g/mol. The van der Waals surface area contributed by atoms with Crippen molar-refractivity contribution in [3.8, 4) is 11.8 Å². The Morgan fingerprint density at radius 2 is 2.10 bits per heavy atom. The number of anilines is 1. The minimum absolute atomic E-state index is 0.344. The number of hydrogen-bond donors (Lipinski definition) is 1. The summed E-state index contributed by atoms with van der Waals surface area (Å²) in [5.74, 6) is 0.861. The monoisotopic (exact) mass is 288 g/mol. The predicted molar refractivity (Wildman–Crippen MR) is 78.1 cm³/mol. The van der Waals surface area contributed by atoms with E-state index in [1.54, 1.807) is 18.2 Å². The lowest BCUT2D eigenvalue weighted by Crippen LogP contribution is -1.92. The van der Waals surface area contributed by atoms with Crippen LogP contribution in [0.5, 0.6) is 5.75 Å². The Hall–Kier alpha value is -2.19. The first kappa shape index (κ1) is 14.2. The summed E-state index contributed by atoms with van der Waals surface area (Å²) in [6.45, 7) is 0. The highest BCUT2D eigenvalue weighted by molar-refractivity contribution is 7.98. The number of benzene rings is 2. The molecule has 2 aromatic rings. The van der Waals surface area contributed by atoms with Gasteiger partial charge in [-0.15, -0.1) is 11.8 Å². The number of nitrogens with zero attached hydrogens (tertiary/aromatic N) is 1. The Morgan fingerprint density at radius 1 is 1.30 bits per heavy atom. The number of methoxy groups -OCH3 is 1. The third-order valence-electron chi connectivity index (χ3n) is 2.75. The topological polar surface area (TPSA) is 59.0 Å². The van der Waals surface area contributed by atoms with Gasteiger partial charge in [0.05, 0.1) is 12.7 Å². The quantitative estimate of drug-likeness (QED) is 0.690. The Kier molecular flexibility index (Phi) is 4.49. The molecule has 20 heavy (non-hydrogen) atoms. The molecular formula is C15H13FN2OS. The number of nitriles is 1. The van der Waals surface area contributed by atoms with Gasteiger partial charge in [0.2, 0.25) is 0 Å². The van der Waals surface area contributed by atoms with E-state index in [0.717, 1.165) is 10.5 Å². The second-order valence-electron chi connectivity index (χ2n) is 4.12. The van der Waals surface area contributed by atoms with Gasteiger partial charge in [0.25, 0.3) is 0 Å². The van der Waals surface area contributed by atoms with Gasteiger partial charge < -0.3 is 10.5 Å². The van der Waals surface area contributed by atoms with Gasteiger partial charge in [-0.2, -0.15) is 5.26 Å². The molecule has 0 saturated heterocycles. The number of ether oxygens (including phenoxy) is 1. The summed E-state index contributed by atoms with van der Waals surface area (Å²) in [5.41, 5.74) is 7.65. The summed E-state index contributed by atoms with van der Waals surface area (Å²) >= 11 is 1.50. The average Bonchev–Trinajstić information content (AvgIpc) is 2.46. The number of hydrogen-bond acceptors (Lipinski definition) is 4. The molecule has 2 rings (SSSR count). The standard InChI is InChI=1S/C15H13FN2OS/c1-19-14-4-2-10(6-11(14)8-17)9-20-15-5-3-12(16)7-13(15)18/h2-7H,9,18H2,1H3. The van der Waals surface area contributed by atoms with Crippen molar-refractivity contribution < 1.29 is 9.13 Å². The third-order valence-corrected chi connectivity index (χ3v) is 3.91. The minimum Gasteiger partial charge on any atom is -0.495 e. The molecule has 0 saturated carbocycles. The first-order valence-corrected chi connectivity index (χ1v) is 6.87. The molecule has 0 aliphatic carbocycles. The molecule has 2 aromatic carbocycles. The second-order valence-corrected chi connectivity index (χ2v) is 5.13. The Balaban J connectivity index is 2.13. The van der Waals surface area contributed by atoms with Crippen LogP contribution in [0.25, 0.3) is 0 Å². The molecule has 0 aromatic heterocycles. The molecule has 0 atom stereocenters. The van der Waals surface area contributed by atoms with Gasteiger partial charge in [0.1, 0.15) is 17.6 Å². The number of rotatable bonds is 4. The van der Waals surface area contributed by atoms with Gasteiger partial charge in [-0.25, -0.2) is 4.39 Å². The zero-order valence-electron chi connectivity index (χ0n) is 10.9. The van der Waals surface area contributed by atoms with Crippen molar-refractivity contribution in [2.45, 2.75) is 10.6 Å². The van der Waals surface area contributed by atoms with E-state index in [1.165, 1.54) is 31.0 Å². The van der Waals surface area contributed by atoms with Crippen LogP contribution in [-0.4, -0.2) is 7.11 Å². The Bertz CT molecular complexity index is 667. The largest absolute Gasteiger partial charge is 0.495 e. The van der Waals surface area contributed by atoms with Crippen molar-refractivity contribution in [3.63, 3.8) is 0 Å². The zero-order chi connectivity index (χ0) is 14.5. The van der Waals surface area contributed by atoms with Gasteiger partial charge in [-0.05, 0) is 35.9 Å². The fraction of sp³-hybridized carbons (Fsp3) is 0.133. The van der Waals surface area contributed by atoms with E-state index in [0.29, 0.717) is 22.8 Å². The van der Waals surface area contributed by atoms with Crippen molar-refractivity contribution in [3.05, 3.63) is 53.3 Å². The summed E-state index contributed by atoms with van der Waals surface area (Å²) in [7, 11) is 1.53. The molecule has 2 N–H and O–H groups in total. The maximum atomic E-state index is 13.0. The van der Waals surface area contributed by atoms with E-state index >= 15 is 0 Å². The third kappa shape index (κ3) is 3.22. The maximum absolute atomic E-state index is 13.0. The summed E-state index contributed by atoms with van der Waals surface area (Å²) in [4.78, 5) is 0.820. The summed E-state index contributed by atoms with van der Waals surface area (Å²) in [5, 5.41) is 9.04. The first-order chi connectivity index (χ1) is 9.63. The van der Waals surface area contributed by atoms with Crippen LogP contribution in [0.4, 0.5) is 10.1 Å². The number of thioether (sulfide) groups is 1. The molecule has 102 valence electrons. The highest BCUT2D eigenvalue weighted by Crippen LogP contribution is 2.30. The fourth-order valence-corrected chi connectivity index (χ4v) is 2.64. The lowest BCUT2D eigenvalue weighted by atomic mass is 10.1. The van der Waals surface area contributed by atoms with E-state index in [-0.39, 0.29) is 5.82 Å². The van der Waals surface area contributed by atoms with Gasteiger partial charge in [-0.3, -0.25) is 0 Å². The van der Waals surface area contributed by atoms with Crippen LogP contribution in [0, 0.1) is 17.1 Å². The van der Waals surface area contributed by atoms with Crippen LogP contribution >= 0.6 is 11.8 Å². The predicted octanol–water partition coefficient (Wildman–Crippen LogP) is 3.58. The van der Waals surface area contributed by atoms with E-state index < -0.39 is 0 Å². The number of nitrogen functional groups attached to an aromatic ring is 1. The highest BCUT2D eigenvalue weighted by Gasteiger charge is 2.06. The van der Waals surface area contributed by atoms with Gasteiger partial charge in [0.15, 0.2) is 0 Å². The lowest BCUT2D eigenvalue weighted by molar-refractivity contribution is 0.413. The molecule has 0 fully saturated rings. The molecule has 0 radical (unpaired) electrons. The van der Waals surface area contributed by atoms with Crippen LogP contribution in [0.2, 0.25) is 0 Å². The second kappa shape index (κ2) is 6.31. The fourth-order valence-electron chi connectivity index (χ4n) is 1.74. The smallest absolute Gasteiger partial charge is 0.136 e. The number of nitrogens with two attached hydrogens (primary N) is 1. The van der Waals surface area contributed by atoms with E-state index in [1.807, 2.05) is 6.07 Å². The molecule has 5 heteroatoms. The summed E-state index contributed by atoms with van der Waals surface area (Å²) in [6.07, 6.45) is 0. The molecule has 0 unspecified atom stereocenters. The van der Waals surface area contributed by atoms with Crippen LogP contribution in [0.3, 0.4) is 0 Å². The molecule has 0 aliphatic rings. The summed E-state index contributed by atoms with van der Waals surface area (Å²) in [6, 6.07) is 11.9. The maximum Gasteiger partial charge on any atom is 0.136 e. The molecule has 0 spiro atoms. The Labute approximate surface area is 121 Å². The van der Waals surface area contributed by atoms with Crippen LogP contribution in [-0.2, 0) is 5.75 Å². The van der Waals surface area contributed by atoms with Crippen LogP contribution in [0.1, 0.15) is 11.1 Å². The van der Waals surface area contributed by atoms with Crippen molar-refractivity contribution in [1.82, 2.24) is 0 Å². The van der Waals surface area contributed by atoms with E-state index in [4.69, 9.17) is 15.7 Å². The first-order valence-electron chi connectivity index (χ1n) is 5.89. The van der Waals surface area contributed by atoms with Gasteiger partial charge >= 0.3 is 0 Å². The van der Waals surface area contributed by atoms with E-state index in [2.05, 4.69) is 6.07 Å². The van der Waals surface area contributed by atoms with Crippen molar-refractivity contribution in [2.75, 3.05) is 12.8 Å². The highest BCUT2D eigenvalue weighted by atomic mass is 32.2. The van der Waals surface area contributed by atoms with E-state index in [9.17, 15) is 4.39 Å². The van der Waals surface area contributed by atoms with Crippen molar-refractivity contribution >= 4 is 17.4 Å². The van der Waals surface area contributed by atoms with Crippen molar-refractivity contribution in [2.24, 2.45) is 0 Å². The van der Waals surface area contributed by atoms with Crippen LogP contribution in [0.15, 0.2) is 41.3 Å². The molecule has 3 nitrogen and oxygen atoms in total. The molecule has 0 heterocycles. The van der Waals surface area contributed by atoms with Crippen LogP contribution < -0.4 is 10.5 Å². The zero-order valence-corrected chi connectivity index (χ0v) is 11.7. The average molecular weight is 288 g/mol. The normalized spacial score (nSPS) is 10.1. The van der Waals surface area contributed by atoms with Gasteiger partial charge in [0, 0.05) is 16.3 Å². The molecule has 0 aliphatic heterocycles. The minimum atomic E-state index is -0.344.